The molecule has 2 aromatic carbocycles. The molecule has 8 nitrogen and oxygen atoms in total. The Morgan fingerprint density at radius 3 is 2.24 bits per heavy atom. The van der Waals surface area contributed by atoms with Crippen LogP contribution in [0.3, 0.4) is 0 Å². The lowest BCUT2D eigenvalue weighted by Gasteiger charge is -2.16. The zero-order chi connectivity index (χ0) is 24.0. The van der Waals surface area contributed by atoms with Crippen molar-refractivity contribution < 1.29 is 28.5 Å². The van der Waals surface area contributed by atoms with Crippen LogP contribution < -0.4 is 19.5 Å². The van der Waals surface area contributed by atoms with Gasteiger partial charge >= 0.3 is 0 Å². The Morgan fingerprint density at radius 1 is 0.879 bits per heavy atom. The van der Waals surface area contributed by atoms with Crippen molar-refractivity contribution in [2.45, 2.75) is 26.4 Å². The largest absolute Gasteiger partial charge is 0.496 e. The van der Waals surface area contributed by atoms with Crippen molar-refractivity contribution in [2.24, 2.45) is 0 Å². The van der Waals surface area contributed by atoms with Crippen LogP contribution in [-0.4, -0.2) is 57.3 Å². The molecule has 0 aliphatic carbocycles. The number of amides is 2. The van der Waals surface area contributed by atoms with Crippen LogP contribution in [0.4, 0.5) is 5.69 Å². The molecular weight excluding hydrogens is 424 g/mol. The summed E-state index contributed by atoms with van der Waals surface area (Å²) in [6.45, 7) is 4.59. The van der Waals surface area contributed by atoms with E-state index in [9.17, 15) is 9.59 Å². The summed E-state index contributed by atoms with van der Waals surface area (Å²) >= 11 is 0. The molecule has 0 saturated carbocycles. The first kappa shape index (κ1) is 24.1. The van der Waals surface area contributed by atoms with Gasteiger partial charge < -0.3 is 24.3 Å². The molecule has 1 N–H and O–H groups in total. The standard InChI is InChI=1S/C25H30N2O6/c1-16(2)33-14-8-13-27-24(28)22(18-9-6-7-10-19(18)30-3)23(25(27)29)26-17-11-12-20(31-4)21(15-17)32-5/h6-7,9-12,15-16,26H,8,13-14H2,1-5H3. The van der Waals surface area contributed by atoms with Gasteiger partial charge in [0, 0.05) is 30.5 Å². The highest BCUT2D eigenvalue weighted by molar-refractivity contribution is 6.37. The molecule has 1 aliphatic rings. The quantitative estimate of drug-likeness (QED) is 0.409. The number of para-hydroxylation sites is 1. The average Bonchev–Trinajstić information content (AvgIpc) is 3.05. The molecule has 0 spiro atoms. The molecule has 176 valence electrons. The molecule has 0 unspecified atom stereocenters. The van der Waals surface area contributed by atoms with E-state index in [0.717, 1.165) is 0 Å². The SMILES string of the molecule is COc1ccc(NC2=C(c3ccccc3OC)C(=O)N(CCCOC(C)C)C2=O)cc1OC. The first-order valence-corrected chi connectivity index (χ1v) is 10.8. The Bertz CT molecular complexity index is 1050. The summed E-state index contributed by atoms with van der Waals surface area (Å²) in [7, 11) is 4.61. The molecule has 3 rings (SSSR count). The van der Waals surface area contributed by atoms with Crippen molar-refractivity contribution in [3.05, 3.63) is 53.7 Å². The monoisotopic (exact) mass is 454 g/mol. The smallest absolute Gasteiger partial charge is 0.278 e. The molecule has 1 heterocycles. The van der Waals surface area contributed by atoms with E-state index in [2.05, 4.69) is 5.32 Å². The number of nitrogens with one attached hydrogen (secondary N) is 1. The molecule has 0 aromatic heterocycles. The van der Waals surface area contributed by atoms with Crippen LogP contribution >= 0.6 is 0 Å². The number of anilines is 1. The molecule has 0 atom stereocenters. The third-order valence-electron chi connectivity index (χ3n) is 5.17. The molecule has 0 radical (unpaired) electrons. The number of hydrogen-bond acceptors (Lipinski definition) is 7. The van der Waals surface area contributed by atoms with Crippen LogP contribution in [0.25, 0.3) is 5.57 Å². The molecule has 0 saturated heterocycles. The zero-order valence-corrected chi connectivity index (χ0v) is 19.6. The second-order valence-electron chi connectivity index (χ2n) is 7.68. The van der Waals surface area contributed by atoms with Crippen molar-refractivity contribution in [2.75, 3.05) is 39.8 Å². The molecule has 0 fully saturated rings. The van der Waals surface area contributed by atoms with Crippen LogP contribution in [0, 0.1) is 0 Å². The van der Waals surface area contributed by atoms with E-state index in [0.29, 0.717) is 41.5 Å². The Balaban J connectivity index is 1.98. The maximum absolute atomic E-state index is 13.4. The van der Waals surface area contributed by atoms with Crippen molar-refractivity contribution in [1.82, 2.24) is 4.90 Å². The predicted octanol–water partition coefficient (Wildman–Crippen LogP) is 3.72. The molecule has 8 heteroatoms. The van der Waals surface area contributed by atoms with Crippen molar-refractivity contribution >= 4 is 23.1 Å². The normalized spacial score (nSPS) is 13.7. The average molecular weight is 455 g/mol. The first-order chi connectivity index (χ1) is 15.9. The molecule has 33 heavy (non-hydrogen) atoms. The number of nitrogens with zero attached hydrogens (tertiary/aromatic N) is 1. The van der Waals surface area contributed by atoms with Gasteiger partial charge in [-0.25, -0.2) is 0 Å². The van der Waals surface area contributed by atoms with E-state index in [1.54, 1.807) is 43.5 Å². The second kappa shape index (κ2) is 10.9. The third-order valence-corrected chi connectivity index (χ3v) is 5.17. The molecule has 0 bridgehead atoms. The summed E-state index contributed by atoms with van der Waals surface area (Å²) in [6.07, 6.45) is 0.623. The van der Waals surface area contributed by atoms with E-state index in [-0.39, 0.29) is 29.8 Å². The maximum Gasteiger partial charge on any atom is 0.278 e. The topological polar surface area (TPSA) is 86.3 Å². The lowest BCUT2D eigenvalue weighted by Crippen LogP contribution is -2.34. The predicted molar refractivity (Wildman–Crippen MR) is 126 cm³/mol. The van der Waals surface area contributed by atoms with Gasteiger partial charge in [-0.3, -0.25) is 14.5 Å². The van der Waals surface area contributed by atoms with Crippen LogP contribution in [0.5, 0.6) is 17.2 Å². The number of ether oxygens (including phenoxy) is 4. The van der Waals surface area contributed by atoms with E-state index in [4.69, 9.17) is 18.9 Å². The van der Waals surface area contributed by atoms with Gasteiger partial charge in [-0.05, 0) is 38.5 Å². The van der Waals surface area contributed by atoms with Gasteiger partial charge in [-0.15, -0.1) is 0 Å². The number of rotatable bonds is 11. The molecule has 2 aromatic rings. The summed E-state index contributed by atoms with van der Waals surface area (Å²) in [4.78, 5) is 28.0. The number of methoxy groups -OCH3 is 3. The second-order valence-corrected chi connectivity index (χ2v) is 7.68. The number of carbonyl (C=O) groups excluding carboxylic acids is 2. The highest BCUT2D eigenvalue weighted by atomic mass is 16.5. The molecule has 2 amide bonds. The van der Waals surface area contributed by atoms with Gasteiger partial charge in [0.05, 0.1) is 33.0 Å². The Labute approximate surface area is 194 Å². The molecular formula is C25H30N2O6. The number of carbonyl (C=O) groups is 2. The first-order valence-electron chi connectivity index (χ1n) is 10.8. The van der Waals surface area contributed by atoms with Gasteiger partial charge in [-0.1, -0.05) is 18.2 Å². The summed E-state index contributed by atoms with van der Waals surface area (Å²) in [5.41, 5.74) is 1.57. The van der Waals surface area contributed by atoms with E-state index in [1.165, 1.54) is 19.1 Å². The summed E-state index contributed by atoms with van der Waals surface area (Å²) in [5.74, 6) is 0.784. The lowest BCUT2D eigenvalue weighted by molar-refractivity contribution is -0.137. The Kier molecular flexibility index (Phi) is 7.95. The van der Waals surface area contributed by atoms with Gasteiger partial charge in [-0.2, -0.15) is 0 Å². The van der Waals surface area contributed by atoms with Gasteiger partial charge in [0.25, 0.3) is 11.8 Å². The van der Waals surface area contributed by atoms with Crippen LogP contribution in [-0.2, 0) is 14.3 Å². The summed E-state index contributed by atoms with van der Waals surface area (Å²) < 4.78 is 21.7. The van der Waals surface area contributed by atoms with Crippen molar-refractivity contribution in [3.63, 3.8) is 0 Å². The third kappa shape index (κ3) is 5.28. The Morgan fingerprint density at radius 2 is 1.58 bits per heavy atom. The van der Waals surface area contributed by atoms with Crippen molar-refractivity contribution in [3.8, 4) is 17.2 Å². The fourth-order valence-corrected chi connectivity index (χ4v) is 3.60. The van der Waals surface area contributed by atoms with Gasteiger partial charge in [0.1, 0.15) is 11.4 Å². The minimum atomic E-state index is -0.403. The van der Waals surface area contributed by atoms with E-state index >= 15 is 0 Å². The van der Waals surface area contributed by atoms with Crippen LogP contribution in [0.2, 0.25) is 0 Å². The van der Waals surface area contributed by atoms with Crippen molar-refractivity contribution in [1.29, 1.82) is 0 Å². The minimum absolute atomic E-state index is 0.0829. The Hall–Kier alpha value is -3.52. The fraction of sp³-hybridized carbons (Fsp3) is 0.360. The summed E-state index contributed by atoms with van der Waals surface area (Å²) in [6, 6.07) is 12.3. The fourth-order valence-electron chi connectivity index (χ4n) is 3.60. The van der Waals surface area contributed by atoms with Gasteiger partial charge in [0.2, 0.25) is 0 Å². The number of imide groups is 1. The summed E-state index contributed by atoms with van der Waals surface area (Å²) in [5, 5.41) is 3.13. The molecule has 1 aliphatic heterocycles. The van der Waals surface area contributed by atoms with E-state index < -0.39 is 5.91 Å². The number of benzene rings is 2. The van der Waals surface area contributed by atoms with Crippen LogP contribution in [0.15, 0.2) is 48.2 Å². The highest BCUT2D eigenvalue weighted by Crippen LogP contribution is 2.36. The number of hydrogen-bond donors (Lipinski definition) is 1. The zero-order valence-electron chi connectivity index (χ0n) is 19.6. The van der Waals surface area contributed by atoms with Gasteiger partial charge in [0.15, 0.2) is 11.5 Å². The van der Waals surface area contributed by atoms with E-state index in [1.807, 2.05) is 19.9 Å². The minimum Gasteiger partial charge on any atom is -0.496 e. The highest BCUT2D eigenvalue weighted by Gasteiger charge is 2.40. The lowest BCUT2D eigenvalue weighted by atomic mass is 10.0. The van der Waals surface area contributed by atoms with Crippen LogP contribution in [0.1, 0.15) is 25.8 Å². The maximum atomic E-state index is 13.4.